The number of para-hydroxylation sites is 1. The monoisotopic (exact) mass is 374 g/mol. The molecule has 2 aliphatic heterocycles. The van der Waals surface area contributed by atoms with E-state index in [4.69, 9.17) is 0 Å². The zero-order chi connectivity index (χ0) is 19.1. The first-order valence-electron chi connectivity index (χ1n) is 10.4. The van der Waals surface area contributed by atoms with Crippen molar-refractivity contribution < 1.29 is 9.90 Å². The number of carbonyl (C=O) groups excluding carboxylic acids is 1. The topological polar surface area (TPSA) is 59.0 Å². The van der Waals surface area contributed by atoms with Crippen molar-refractivity contribution in [3.05, 3.63) is 29.8 Å². The molecule has 150 valence electrons. The summed E-state index contributed by atoms with van der Waals surface area (Å²) in [5, 5.41) is 12.8. The lowest BCUT2D eigenvalue weighted by Crippen LogP contribution is -2.52. The quantitative estimate of drug-likeness (QED) is 0.747. The molecule has 2 N–H and O–H groups in total. The van der Waals surface area contributed by atoms with E-state index in [9.17, 15) is 9.90 Å². The summed E-state index contributed by atoms with van der Waals surface area (Å²) in [6, 6.07) is 8.62. The number of anilines is 1. The van der Waals surface area contributed by atoms with Crippen LogP contribution in [0.3, 0.4) is 0 Å². The molecule has 6 heteroatoms. The third kappa shape index (κ3) is 5.59. The Kier molecular flexibility index (Phi) is 7.35. The molecule has 0 radical (unpaired) electrons. The first-order valence-corrected chi connectivity index (χ1v) is 10.4. The lowest BCUT2D eigenvalue weighted by atomic mass is 10.1. The van der Waals surface area contributed by atoms with Crippen molar-refractivity contribution in [1.29, 1.82) is 0 Å². The highest BCUT2D eigenvalue weighted by molar-refractivity contribution is 5.74. The largest absolute Gasteiger partial charge is 0.392 e. The second kappa shape index (κ2) is 9.95. The van der Waals surface area contributed by atoms with E-state index in [1.807, 2.05) is 4.90 Å². The molecule has 2 fully saturated rings. The minimum atomic E-state index is -0.178. The summed E-state index contributed by atoms with van der Waals surface area (Å²) in [4.78, 5) is 19.0. The highest BCUT2D eigenvalue weighted by Crippen LogP contribution is 2.22. The summed E-state index contributed by atoms with van der Waals surface area (Å²) in [6.45, 7) is 8.97. The predicted molar refractivity (Wildman–Crippen MR) is 109 cm³/mol. The fourth-order valence-corrected chi connectivity index (χ4v) is 4.11. The number of aliphatic hydroxyl groups excluding tert-OH is 1. The van der Waals surface area contributed by atoms with Gasteiger partial charge in [-0.3, -0.25) is 0 Å². The molecule has 6 nitrogen and oxygen atoms in total. The Morgan fingerprint density at radius 2 is 1.96 bits per heavy atom. The van der Waals surface area contributed by atoms with Crippen LogP contribution in [0.5, 0.6) is 0 Å². The number of piperidine rings is 1. The molecule has 3 rings (SSSR count). The van der Waals surface area contributed by atoms with E-state index in [1.165, 1.54) is 11.3 Å². The molecule has 0 unspecified atom stereocenters. The van der Waals surface area contributed by atoms with Gasteiger partial charge in [-0.05, 0) is 50.4 Å². The number of piperazine rings is 1. The summed E-state index contributed by atoms with van der Waals surface area (Å²) in [5.74, 6) is 0. The van der Waals surface area contributed by atoms with Crippen molar-refractivity contribution >= 4 is 11.7 Å². The third-order valence-electron chi connectivity index (χ3n) is 5.69. The van der Waals surface area contributed by atoms with Crippen molar-refractivity contribution in [1.82, 2.24) is 15.1 Å². The van der Waals surface area contributed by atoms with Crippen LogP contribution in [0.2, 0.25) is 0 Å². The second-order valence-electron chi connectivity index (χ2n) is 7.64. The van der Waals surface area contributed by atoms with Crippen LogP contribution in [-0.2, 0) is 6.42 Å². The van der Waals surface area contributed by atoms with Gasteiger partial charge in [-0.1, -0.05) is 25.1 Å². The van der Waals surface area contributed by atoms with Gasteiger partial charge in [-0.25, -0.2) is 4.79 Å². The van der Waals surface area contributed by atoms with Crippen LogP contribution in [0.1, 0.15) is 31.7 Å². The number of aliphatic hydroxyl groups is 1. The molecule has 27 heavy (non-hydrogen) atoms. The highest BCUT2D eigenvalue weighted by atomic mass is 16.3. The van der Waals surface area contributed by atoms with Crippen LogP contribution in [-0.4, -0.2) is 79.4 Å². The highest BCUT2D eigenvalue weighted by Gasteiger charge is 2.22. The Labute approximate surface area is 163 Å². The number of β-amino-alcohol motifs (C(OH)–C–C–N with tert-alkyl or cyclic N) is 1. The normalized spacial score (nSPS) is 21.3. The molecule has 0 bridgehead atoms. The van der Waals surface area contributed by atoms with Crippen molar-refractivity contribution in [2.75, 3.05) is 57.3 Å². The molecule has 2 aliphatic rings. The Bertz CT molecular complexity index is 602. The van der Waals surface area contributed by atoms with Crippen molar-refractivity contribution in [2.45, 2.75) is 38.7 Å². The SMILES string of the molecule is CCc1ccccc1N1CCN(C(=O)NCCCN2CCC[C@@H](O)C2)CC1. The fourth-order valence-electron chi connectivity index (χ4n) is 4.11. The molecule has 1 atom stereocenters. The lowest BCUT2D eigenvalue weighted by Gasteiger charge is -2.37. The minimum Gasteiger partial charge on any atom is -0.392 e. The maximum atomic E-state index is 12.4. The van der Waals surface area contributed by atoms with Gasteiger partial charge in [-0.15, -0.1) is 0 Å². The van der Waals surface area contributed by atoms with Crippen LogP contribution >= 0.6 is 0 Å². The van der Waals surface area contributed by atoms with Gasteiger partial charge >= 0.3 is 6.03 Å². The Morgan fingerprint density at radius 3 is 2.70 bits per heavy atom. The van der Waals surface area contributed by atoms with Crippen molar-refractivity contribution in [3.63, 3.8) is 0 Å². The van der Waals surface area contributed by atoms with Crippen LogP contribution in [0.15, 0.2) is 24.3 Å². The standard InChI is InChI=1S/C21H34N4O2/c1-2-18-7-3-4-9-20(18)24-13-15-25(16-14-24)21(27)22-10-6-12-23-11-5-8-19(26)17-23/h3-4,7,9,19,26H,2,5-6,8,10-17H2,1H3,(H,22,27)/t19-/m1/s1. The predicted octanol–water partition coefficient (Wildman–Crippen LogP) is 1.93. The third-order valence-corrected chi connectivity index (χ3v) is 5.69. The number of likely N-dealkylation sites (tertiary alicyclic amines) is 1. The number of rotatable bonds is 6. The Hall–Kier alpha value is -1.79. The summed E-state index contributed by atoms with van der Waals surface area (Å²) in [5.41, 5.74) is 2.68. The zero-order valence-electron chi connectivity index (χ0n) is 16.6. The minimum absolute atomic E-state index is 0.0529. The molecule has 0 aromatic heterocycles. The van der Waals surface area contributed by atoms with E-state index >= 15 is 0 Å². The number of hydrogen-bond donors (Lipinski definition) is 2. The van der Waals surface area contributed by atoms with E-state index < -0.39 is 0 Å². The molecule has 2 heterocycles. The van der Waals surface area contributed by atoms with Gasteiger partial charge in [0.1, 0.15) is 0 Å². The van der Waals surface area contributed by atoms with Gasteiger partial charge in [0.2, 0.25) is 0 Å². The van der Waals surface area contributed by atoms with Gasteiger partial charge in [0, 0.05) is 45.0 Å². The number of hydrogen-bond acceptors (Lipinski definition) is 4. The second-order valence-corrected chi connectivity index (χ2v) is 7.64. The van der Waals surface area contributed by atoms with E-state index in [1.54, 1.807) is 0 Å². The number of amides is 2. The molecule has 0 aliphatic carbocycles. The van der Waals surface area contributed by atoms with Crippen LogP contribution < -0.4 is 10.2 Å². The lowest BCUT2D eigenvalue weighted by molar-refractivity contribution is 0.0702. The maximum Gasteiger partial charge on any atom is 0.317 e. The van der Waals surface area contributed by atoms with E-state index in [-0.39, 0.29) is 12.1 Å². The van der Waals surface area contributed by atoms with E-state index in [0.29, 0.717) is 6.54 Å². The van der Waals surface area contributed by atoms with Crippen molar-refractivity contribution in [3.8, 4) is 0 Å². The average molecular weight is 375 g/mol. The first kappa shape index (κ1) is 20.0. The molecule has 1 aromatic carbocycles. The molecule has 0 saturated carbocycles. The Morgan fingerprint density at radius 1 is 1.19 bits per heavy atom. The van der Waals surface area contributed by atoms with Gasteiger partial charge < -0.3 is 25.1 Å². The van der Waals surface area contributed by atoms with Gasteiger partial charge in [-0.2, -0.15) is 0 Å². The molecule has 2 saturated heterocycles. The molecule has 0 spiro atoms. The number of nitrogens with zero attached hydrogens (tertiary/aromatic N) is 3. The number of carbonyl (C=O) groups is 1. The Balaban J connectivity index is 1.36. The van der Waals surface area contributed by atoms with Crippen molar-refractivity contribution in [2.24, 2.45) is 0 Å². The average Bonchev–Trinajstić information content (AvgIpc) is 2.71. The van der Waals surface area contributed by atoms with Crippen LogP contribution in [0, 0.1) is 0 Å². The molecule has 2 amide bonds. The molecular weight excluding hydrogens is 340 g/mol. The van der Waals surface area contributed by atoms with Gasteiger partial charge in [0.05, 0.1) is 6.10 Å². The summed E-state index contributed by atoms with van der Waals surface area (Å²) in [7, 11) is 0. The number of urea groups is 1. The summed E-state index contributed by atoms with van der Waals surface area (Å²) in [6.07, 6.45) is 3.77. The number of benzene rings is 1. The number of aryl methyl sites for hydroxylation is 1. The maximum absolute atomic E-state index is 12.4. The van der Waals surface area contributed by atoms with E-state index in [2.05, 4.69) is 46.3 Å². The zero-order valence-corrected chi connectivity index (χ0v) is 16.6. The van der Waals surface area contributed by atoms with Gasteiger partial charge in [0.15, 0.2) is 0 Å². The summed E-state index contributed by atoms with van der Waals surface area (Å²) < 4.78 is 0. The smallest absolute Gasteiger partial charge is 0.317 e. The first-order chi connectivity index (χ1) is 13.2. The fraction of sp³-hybridized carbons (Fsp3) is 0.667. The van der Waals surface area contributed by atoms with Crippen LogP contribution in [0.25, 0.3) is 0 Å². The molecular formula is C21H34N4O2. The van der Waals surface area contributed by atoms with Crippen LogP contribution in [0.4, 0.5) is 10.5 Å². The molecule has 1 aromatic rings. The number of nitrogens with one attached hydrogen (secondary N) is 1. The summed E-state index contributed by atoms with van der Waals surface area (Å²) >= 11 is 0. The van der Waals surface area contributed by atoms with E-state index in [0.717, 1.165) is 71.5 Å². The van der Waals surface area contributed by atoms with Gasteiger partial charge in [0.25, 0.3) is 0 Å².